The van der Waals surface area contributed by atoms with Crippen molar-refractivity contribution in [2.45, 2.75) is 27.7 Å². The molecule has 0 fully saturated rings. The van der Waals surface area contributed by atoms with Gasteiger partial charge in [-0.3, -0.25) is 0 Å². The molecule has 1 nitrogen and oxygen atoms in total. The lowest BCUT2D eigenvalue weighted by Crippen LogP contribution is -1.69. The highest BCUT2D eigenvalue weighted by Gasteiger charge is 1.62. The van der Waals surface area contributed by atoms with E-state index in [0.717, 1.165) is 0 Å². The van der Waals surface area contributed by atoms with Crippen LogP contribution in [0.2, 0.25) is 0 Å². The Balaban J connectivity index is -0.0000000480. The molecule has 0 heterocycles. The Hall–Kier alpha value is 0.100. The highest BCUT2D eigenvalue weighted by molar-refractivity contribution is 6.92. The second-order valence-electron chi connectivity index (χ2n) is 0.908. The Morgan fingerprint density at radius 1 is 1.14 bits per heavy atom. The molecule has 0 rings (SSSR count). The quantitative estimate of drug-likeness (QED) is 0.447. The van der Waals surface area contributed by atoms with Crippen molar-refractivity contribution in [2.75, 3.05) is 0 Å². The fourth-order valence-electron chi connectivity index (χ4n) is 0. The third kappa shape index (κ3) is 10300. The van der Waals surface area contributed by atoms with E-state index < -0.39 is 0 Å². The number of ketones is 1. The van der Waals surface area contributed by atoms with Crippen LogP contribution in [0.15, 0.2) is 0 Å². The summed E-state index contributed by atoms with van der Waals surface area (Å²) in [7, 11) is 0. The van der Waals surface area contributed by atoms with Crippen LogP contribution in [0.4, 0.5) is 0 Å². The molecule has 0 radical (unpaired) electrons. The number of rotatable bonds is 0. The SMILES string of the molecule is CC.CC(C)=O.P. The Bertz CT molecular complexity index is 31.1. The number of carbonyl (C=O) groups is 1. The van der Waals surface area contributed by atoms with E-state index in [1.54, 1.807) is 0 Å². The van der Waals surface area contributed by atoms with Crippen LogP contribution >= 0.6 is 9.90 Å². The topological polar surface area (TPSA) is 17.1 Å². The van der Waals surface area contributed by atoms with Gasteiger partial charge < -0.3 is 4.79 Å². The molecular formula is C5H15OP. The van der Waals surface area contributed by atoms with Gasteiger partial charge in [0, 0.05) is 0 Å². The zero-order valence-corrected chi connectivity index (χ0v) is 7.03. The minimum Gasteiger partial charge on any atom is -0.300 e. The van der Waals surface area contributed by atoms with Crippen molar-refractivity contribution in [1.82, 2.24) is 0 Å². The smallest absolute Gasteiger partial charge is 0.126 e. The summed E-state index contributed by atoms with van der Waals surface area (Å²) in [5, 5.41) is 0. The molecule has 0 saturated heterocycles. The predicted molar refractivity (Wildman–Crippen MR) is 38.8 cm³/mol. The van der Waals surface area contributed by atoms with Crippen molar-refractivity contribution in [3.8, 4) is 0 Å². The third-order valence-electron chi connectivity index (χ3n) is 0. The number of Topliss-reactive ketones (excluding diaryl/α,β-unsaturated/α-hetero) is 1. The first-order valence-corrected chi connectivity index (χ1v) is 2.20. The Morgan fingerprint density at radius 3 is 1.14 bits per heavy atom. The van der Waals surface area contributed by atoms with E-state index in [1.165, 1.54) is 13.8 Å². The van der Waals surface area contributed by atoms with E-state index in [1.807, 2.05) is 13.8 Å². The van der Waals surface area contributed by atoms with Gasteiger partial charge >= 0.3 is 0 Å². The lowest BCUT2D eigenvalue weighted by molar-refractivity contribution is -0.114. The first kappa shape index (κ1) is 15.7. The summed E-state index contributed by atoms with van der Waals surface area (Å²) in [6.07, 6.45) is 0. The number of carbonyl (C=O) groups excluding carboxylic acids is 1. The van der Waals surface area contributed by atoms with Gasteiger partial charge in [-0.15, -0.1) is 0 Å². The monoisotopic (exact) mass is 122 g/mol. The van der Waals surface area contributed by atoms with Crippen molar-refractivity contribution < 1.29 is 4.79 Å². The molecule has 46 valence electrons. The third-order valence-corrected chi connectivity index (χ3v) is 0. The van der Waals surface area contributed by atoms with Gasteiger partial charge in [0.1, 0.15) is 5.78 Å². The van der Waals surface area contributed by atoms with Gasteiger partial charge in [0.2, 0.25) is 0 Å². The minimum absolute atomic E-state index is 0. The van der Waals surface area contributed by atoms with E-state index in [4.69, 9.17) is 0 Å². The highest BCUT2D eigenvalue weighted by Crippen LogP contribution is 1.50. The first-order chi connectivity index (χ1) is 2.73. The average Bonchev–Trinajstić information content (AvgIpc) is 1.41. The lowest BCUT2D eigenvalue weighted by atomic mass is 10.6. The Kier molecular flexibility index (Phi) is 37.1. The van der Waals surface area contributed by atoms with Gasteiger partial charge in [-0.25, -0.2) is 0 Å². The van der Waals surface area contributed by atoms with Crippen molar-refractivity contribution in [3.63, 3.8) is 0 Å². The highest BCUT2D eigenvalue weighted by atomic mass is 31.0. The second-order valence-corrected chi connectivity index (χ2v) is 0.908. The maximum absolute atomic E-state index is 9.44. The van der Waals surface area contributed by atoms with Crippen LogP contribution in [-0.2, 0) is 4.79 Å². The zero-order valence-electron chi connectivity index (χ0n) is 5.62. The summed E-state index contributed by atoms with van der Waals surface area (Å²) in [6.45, 7) is 7.06. The normalized spacial score (nSPS) is 4.57. The van der Waals surface area contributed by atoms with Gasteiger partial charge in [-0.05, 0) is 13.8 Å². The molecule has 0 amide bonds. The van der Waals surface area contributed by atoms with Gasteiger partial charge in [0.15, 0.2) is 0 Å². The molecule has 1 unspecified atom stereocenters. The van der Waals surface area contributed by atoms with Crippen LogP contribution in [0.25, 0.3) is 0 Å². The first-order valence-electron chi connectivity index (χ1n) is 2.20. The molecule has 1 atom stereocenters. The Morgan fingerprint density at radius 2 is 1.14 bits per heavy atom. The molecule has 0 saturated carbocycles. The van der Waals surface area contributed by atoms with Crippen molar-refractivity contribution in [1.29, 1.82) is 0 Å². The number of hydrogen-bond acceptors (Lipinski definition) is 1. The van der Waals surface area contributed by atoms with Crippen LogP contribution in [0, 0.1) is 0 Å². The molecule has 0 bridgehead atoms. The van der Waals surface area contributed by atoms with Crippen LogP contribution in [0.3, 0.4) is 0 Å². The second kappa shape index (κ2) is 16.5. The van der Waals surface area contributed by atoms with Crippen molar-refractivity contribution in [2.24, 2.45) is 0 Å². The van der Waals surface area contributed by atoms with E-state index in [9.17, 15) is 4.79 Å². The molecule has 0 aliphatic carbocycles. The Labute approximate surface area is 49.1 Å². The molecular weight excluding hydrogens is 107 g/mol. The van der Waals surface area contributed by atoms with Gasteiger partial charge in [0.05, 0.1) is 0 Å². The summed E-state index contributed by atoms with van der Waals surface area (Å²) >= 11 is 0. The molecule has 0 aliphatic rings. The molecule has 2 heteroatoms. The van der Waals surface area contributed by atoms with Crippen molar-refractivity contribution in [3.05, 3.63) is 0 Å². The fraction of sp³-hybridized carbons (Fsp3) is 0.800. The largest absolute Gasteiger partial charge is 0.300 e. The molecule has 0 aromatic rings. The molecule has 0 aromatic carbocycles. The van der Waals surface area contributed by atoms with Gasteiger partial charge in [-0.2, -0.15) is 9.90 Å². The molecule has 0 spiro atoms. The van der Waals surface area contributed by atoms with E-state index in [0.29, 0.717) is 0 Å². The maximum Gasteiger partial charge on any atom is 0.126 e. The fourth-order valence-corrected chi connectivity index (χ4v) is 0. The van der Waals surface area contributed by atoms with E-state index in [-0.39, 0.29) is 15.7 Å². The average molecular weight is 122 g/mol. The van der Waals surface area contributed by atoms with Gasteiger partial charge in [-0.1, -0.05) is 13.8 Å². The molecule has 0 N–H and O–H groups in total. The number of hydrogen-bond donors (Lipinski definition) is 0. The zero-order chi connectivity index (χ0) is 5.58. The van der Waals surface area contributed by atoms with Crippen LogP contribution in [0.1, 0.15) is 27.7 Å². The van der Waals surface area contributed by atoms with Crippen LogP contribution in [-0.4, -0.2) is 5.78 Å². The van der Waals surface area contributed by atoms with Crippen LogP contribution in [0.5, 0.6) is 0 Å². The lowest BCUT2D eigenvalue weighted by Gasteiger charge is -1.56. The minimum atomic E-state index is 0. The molecule has 0 aliphatic heterocycles. The van der Waals surface area contributed by atoms with Gasteiger partial charge in [0.25, 0.3) is 0 Å². The summed E-state index contributed by atoms with van der Waals surface area (Å²) in [4.78, 5) is 9.44. The van der Waals surface area contributed by atoms with E-state index in [2.05, 4.69) is 0 Å². The summed E-state index contributed by atoms with van der Waals surface area (Å²) in [6, 6.07) is 0. The molecule has 7 heavy (non-hydrogen) atoms. The summed E-state index contributed by atoms with van der Waals surface area (Å²) in [5.74, 6) is 0.167. The van der Waals surface area contributed by atoms with Crippen molar-refractivity contribution >= 4 is 15.7 Å². The van der Waals surface area contributed by atoms with E-state index >= 15 is 0 Å². The predicted octanol–water partition coefficient (Wildman–Crippen LogP) is 1.68. The standard InChI is InChI=1S/C3H6O.C2H6.H3P/c1-3(2)4;1-2;/h1-2H3;1-2H3;1H3. The maximum atomic E-state index is 9.44. The summed E-state index contributed by atoms with van der Waals surface area (Å²) in [5.41, 5.74) is 0. The molecule has 0 aromatic heterocycles. The summed E-state index contributed by atoms with van der Waals surface area (Å²) < 4.78 is 0. The van der Waals surface area contributed by atoms with Crippen LogP contribution < -0.4 is 0 Å².